The predicted octanol–water partition coefficient (Wildman–Crippen LogP) is 1.79. The van der Waals surface area contributed by atoms with E-state index in [0.29, 0.717) is 48.6 Å². The minimum Gasteiger partial charge on any atom is -0.398 e. The van der Waals surface area contributed by atoms with Gasteiger partial charge in [0.2, 0.25) is 11.6 Å². The number of Topliss-reactive ketones (excluding diaryl/α,β-unsaturated/α-hetero) is 2. The second-order valence-corrected chi connectivity index (χ2v) is 21.9. The summed E-state index contributed by atoms with van der Waals surface area (Å²) in [5.41, 5.74) is 9.37. The van der Waals surface area contributed by atoms with E-state index in [9.17, 15) is 87.4 Å². The SMILES string of the molecule is Nc1cc(S(=O)(=O)O)cc2c1C(=O)/C(=N/Nc1ccc(/C=C/c3ccc(N/N=C4/C(=O)c5c(N)cc(S(=O)(=O)O)cc5C=C4S(=O)(=O)O)cc3S(=O)(=O)O)c(S(=O)(=O)O)c1)C(S(=O)(=O)O)=C2. The van der Waals surface area contributed by atoms with Gasteiger partial charge in [0.1, 0.15) is 19.6 Å². The highest BCUT2D eigenvalue weighted by atomic mass is 32.2. The van der Waals surface area contributed by atoms with Gasteiger partial charge in [-0.15, -0.1) is 0 Å². The van der Waals surface area contributed by atoms with E-state index in [-0.39, 0.29) is 22.5 Å². The number of ketones is 2. The van der Waals surface area contributed by atoms with E-state index in [4.69, 9.17) is 11.5 Å². The molecule has 12 N–H and O–H groups in total. The van der Waals surface area contributed by atoms with Crippen molar-refractivity contribution in [3.05, 3.63) is 104 Å². The van der Waals surface area contributed by atoms with Gasteiger partial charge < -0.3 is 11.5 Å². The Morgan fingerprint density at radius 3 is 1.08 bits per heavy atom. The van der Waals surface area contributed by atoms with E-state index in [1.807, 2.05) is 0 Å². The average molecular weight is 1030 g/mol. The van der Waals surface area contributed by atoms with E-state index < -0.39 is 147 Å². The van der Waals surface area contributed by atoms with E-state index in [1.165, 1.54) is 0 Å². The lowest BCUT2D eigenvalue weighted by Gasteiger charge is -2.18. The molecule has 66 heavy (non-hydrogen) atoms. The van der Waals surface area contributed by atoms with Crippen molar-refractivity contribution in [1.82, 2.24) is 0 Å². The molecular formula is C34H26N6O20S6. The van der Waals surface area contributed by atoms with Crippen LogP contribution in [0.25, 0.3) is 24.3 Å². The molecule has 0 bridgehead atoms. The molecule has 2 aliphatic carbocycles. The van der Waals surface area contributed by atoms with Crippen molar-refractivity contribution >= 4 is 131 Å². The molecule has 0 spiro atoms. The van der Waals surface area contributed by atoms with Gasteiger partial charge >= 0.3 is 0 Å². The molecule has 0 radical (unpaired) electrons. The Morgan fingerprint density at radius 1 is 0.455 bits per heavy atom. The molecule has 4 aromatic carbocycles. The number of allylic oxidation sites excluding steroid dienone is 2. The van der Waals surface area contributed by atoms with Gasteiger partial charge in [-0.3, -0.25) is 47.8 Å². The van der Waals surface area contributed by atoms with Gasteiger partial charge in [0.15, 0.2) is 11.4 Å². The van der Waals surface area contributed by atoms with E-state index >= 15 is 0 Å². The number of nitrogen functional groups attached to an aromatic ring is 2. The summed E-state index contributed by atoms with van der Waals surface area (Å²) in [6, 6.07) is 8.26. The van der Waals surface area contributed by atoms with Gasteiger partial charge in [0, 0.05) is 11.4 Å². The number of hydrazone groups is 2. The Balaban J connectivity index is 1.33. The highest BCUT2D eigenvalue weighted by molar-refractivity contribution is 7.91. The highest BCUT2D eigenvalue weighted by Crippen LogP contribution is 2.34. The van der Waals surface area contributed by atoms with Crippen molar-refractivity contribution in [2.45, 2.75) is 19.6 Å². The largest absolute Gasteiger partial charge is 0.398 e. The smallest absolute Gasteiger partial charge is 0.296 e. The first-order chi connectivity index (χ1) is 30.2. The first-order valence-corrected chi connectivity index (χ1v) is 25.7. The zero-order valence-electron chi connectivity index (χ0n) is 32.0. The van der Waals surface area contributed by atoms with Crippen LogP contribution in [0.1, 0.15) is 43.0 Å². The third kappa shape index (κ3) is 10.1. The van der Waals surface area contributed by atoms with Crippen molar-refractivity contribution < 1.29 is 87.4 Å². The number of carbonyl (C=O) groups is 2. The molecule has 2 aliphatic rings. The highest BCUT2D eigenvalue weighted by Gasteiger charge is 2.37. The quantitative estimate of drug-likeness (QED) is 0.0418. The van der Waals surface area contributed by atoms with Crippen LogP contribution >= 0.6 is 0 Å². The lowest BCUT2D eigenvalue weighted by molar-refractivity contribution is 0.105. The maximum absolute atomic E-state index is 13.4. The number of nitrogens with zero attached hydrogens (tertiary/aromatic N) is 2. The van der Waals surface area contributed by atoms with Gasteiger partial charge in [-0.05, 0) is 82.9 Å². The number of benzene rings is 4. The average Bonchev–Trinajstić information content (AvgIpc) is 3.16. The Morgan fingerprint density at radius 2 is 0.788 bits per heavy atom. The van der Waals surface area contributed by atoms with Crippen molar-refractivity contribution in [2.75, 3.05) is 22.3 Å². The first-order valence-electron chi connectivity index (χ1n) is 17.1. The minimum atomic E-state index is -5.31. The van der Waals surface area contributed by atoms with Crippen molar-refractivity contribution in [3.8, 4) is 0 Å². The molecule has 32 heteroatoms. The van der Waals surface area contributed by atoms with Crippen LogP contribution in [0.2, 0.25) is 0 Å². The van der Waals surface area contributed by atoms with Gasteiger partial charge in [-0.1, -0.05) is 24.3 Å². The fourth-order valence-corrected chi connectivity index (χ4v) is 10.0. The zero-order chi connectivity index (χ0) is 49.3. The van der Waals surface area contributed by atoms with Crippen LogP contribution in [0.15, 0.2) is 100 Å². The zero-order valence-corrected chi connectivity index (χ0v) is 36.9. The molecule has 0 saturated heterocycles. The van der Waals surface area contributed by atoms with E-state index in [2.05, 4.69) is 21.1 Å². The number of nitrogens with one attached hydrogen (secondary N) is 2. The number of anilines is 4. The van der Waals surface area contributed by atoms with Crippen molar-refractivity contribution in [1.29, 1.82) is 0 Å². The topological polar surface area (TPSA) is 461 Å². The Kier molecular flexibility index (Phi) is 12.4. The van der Waals surface area contributed by atoms with Crippen molar-refractivity contribution in [2.24, 2.45) is 10.2 Å². The van der Waals surface area contributed by atoms with Crippen LogP contribution < -0.4 is 22.3 Å². The summed E-state index contributed by atoms with van der Waals surface area (Å²) in [6.07, 6.45) is 3.09. The molecule has 4 aromatic rings. The Hall–Kier alpha value is -6.56. The van der Waals surface area contributed by atoms with Crippen LogP contribution in [0.3, 0.4) is 0 Å². The maximum Gasteiger partial charge on any atom is 0.296 e. The van der Waals surface area contributed by atoms with Gasteiger partial charge in [0.05, 0.1) is 32.3 Å². The number of fused-ring (bicyclic) bond motifs is 2. The molecule has 26 nitrogen and oxygen atoms in total. The minimum absolute atomic E-state index is 0.372. The van der Waals surface area contributed by atoms with E-state index in [0.717, 1.165) is 36.4 Å². The summed E-state index contributed by atoms with van der Waals surface area (Å²) in [5, 5.41) is 7.32. The standard InChI is InChI=1S/C34H26N6O20S6/c35-23-13-21(61(43,44)45)7-17-9-27(65(55,56)57)31(33(41)29(17)23)39-37-19-5-3-15(25(11-19)63(49,50)51)1-2-16-4-6-20(12-26(16)64(52,53)54)38-40-32-28(66(58,59)60)10-18-8-22(62(46,47)48)14-24(36)30(18)34(32)42/h1-14,37-38H,35-36H2,(H,43,44,45)(H,46,47,48)(H,49,50,51)(H,52,53,54)(H,55,56,57)(H,58,59,60)/b2-1+,39-31+,40-32+. The summed E-state index contributed by atoms with van der Waals surface area (Å²) >= 11 is 0. The summed E-state index contributed by atoms with van der Waals surface area (Å²) < 4.78 is 204. The lowest BCUT2D eigenvalue weighted by atomic mass is 9.93. The molecule has 0 aromatic heterocycles. The molecule has 0 atom stereocenters. The second kappa shape index (κ2) is 16.7. The molecular weight excluding hydrogens is 1000 g/mol. The molecule has 6 rings (SSSR count). The molecule has 0 heterocycles. The number of rotatable bonds is 12. The lowest BCUT2D eigenvalue weighted by Crippen LogP contribution is -2.28. The number of hydrogen-bond acceptors (Lipinski definition) is 20. The van der Waals surface area contributed by atoms with Gasteiger partial charge in [-0.2, -0.15) is 60.7 Å². The molecule has 0 fully saturated rings. The third-order valence-corrected chi connectivity index (χ3v) is 14.3. The molecule has 0 aliphatic heterocycles. The molecule has 0 saturated carbocycles. The number of nitrogens with two attached hydrogens (primary N) is 2. The van der Waals surface area contributed by atoms with Gasteiger partial charge in [0.25, 0.3) is 60.7 Å². The van der Waals surface area contributed by atoms with Crippen LogP contribution in [0, 0.1) is 0 Å². The molecule has 0 unspecified atom stereocenters. The fourth-order valence-electron chi connectivity index (χ4n) is 6.20. The number of hydrogen-bond donors (Lipinski definition) is 10. The van der Waals surface area contributed by atoms with Crippen LogP contribution in [-0.2, 0) is 60.7 Å². The first kappa shape index (κ1) is 48.9. The summed E-state index contributed by atoms with van der Waals surface area (Å²) in [5.74, 6) is -2.58. The summed E-state index contributed by atoms with van der Waals surface area (Å²) in [6.45, 7) is 0. The van der Waals surface area contributed by atoms with E-state index in [1.54, 1.807) is 0 Å². The monoisotopic (exact) mass is 1030 g/mol. The van der Waals surface area contributed by atoms with Crippen molar-refractivity contribution in [3.63, 3.8) is 0 Å². The molecule has 348 valence electrons. The summed E-state index contributed by atoms with van der Waals surface area (Å²) in [4.78, 5) is 20.9. The van der Waals surface area contributed by atoms with Crippen LogP contribution in [0.5, 0.6) is 0 Å². The normalized spacial score (nSPS) is 16.2. The number of carbonyl (C=O) groups excluding carboxylic acids is 2. The van der Waals surface area contributed by atoms with Crippen LogP contribution in [0.4, 0.5) is 22.7 Å². The summed E-state index contributed by atoms with van der Waals surface area (Å²) in [7, 11) is -30.8. The Bertz CT molecular complexity index is 3500. The fraction of sp³-hybridized carbons (Fsp3) is 0. The maximum atomic E-state index is 13.4. The third-order valence-electron chi connectivity index (χ3n) is 9.04. The van der Waals surface area contributed by atoms with Gasteiger partial charge in [-0.25, -0.2) is 0 Å². The Labute approximate surface area is 372 Å². The molecule has 0 amide bonds. The predicted molar refractivity (Wildman–Crippen MR) is 233 cm³/mol. The second-order valence-electron chi connectivity index (χ2n) is 13.5. The van der Waals surface area contributed by atoms with Crippen LogP contribution in [-0.4, -0.2) is 101 Å².